The molecule has 3 aromatic heterocycles. The van der Waals surface area contributed by atoms with E-state index in [0.717, 1.165) is 53.7 Å². The lowest BCUT2D eigenvalue weighted by atomic mass is 10.0. The summed E-state index contributed by atoms with van der Waals surface area (Å²) < 4.78 is 2.02. The number of fused-ring (bicyclic) bond motifs is 1. The number of benzene rings is 1. The fourth-order valence-electron chi connectivity index (χ4n) is 3.93. The van der Waals surface area contributed by atoms with E-state index in [1.165, 1.54) is 0 Å². The molecule has 1 aliphatic heterocycles. The average Bonchev–Trinajstić information content (AvgIpc) is 3.27. The number of imidazole rings is 1. The van der Waals surface area contributed by atoms with Gasteiger partial charge in [0.25, 0.3) is 5.91 Å². The minimum atomic E-state index is -0.0162. The number of thioether (sulfide) groups is 1. The van der Waals surface area contributed by atoms with Gasteiger partial charge in [-0.3, -0.25) is 4.79 Å². The van der Waals surface area contributed by atoms with E-state index in [0.29, 0.717) is 5.75 Å². The van der Waals surface area contributed by atoms with Gasteiger partial charge in [-0.25, -0.2) is 15.0 Å². The van der Waals surface area contributed by atoms with Crippen molar-refractivity contribution in [3.8, 4) is 0 Å². The van der Waals surface area contributed by atoms with Crippen molar-refractivity contribution < 1.29 is 4.79 Å². The predicted molar refractivity (Wildman–Crippen MR) is 126 cm³/mol. The molecule has 1 aliphatic rings. The largest absolute Gasteiger partial charge is 0.349 e. The maximum Gasteiger partial charge on any atom is 0.252 e. The fourth-order valence-corrected chi connectivity index (χ4v) is 4.86. The Hall–Kier alpha value is -3.39. The Morgan fingerprint density at radius 3 is 2.62 bits per heavy atom. The number of rotatable bonds is 6. The van der Waals surface area contributed by atoms with Crippen LogP contribution in [0.15, 0.2) is 78.2 Å². The molecule has 0 atom stereocenters. The summed E-state index contributed by atoms with van der Waals surface area (Å²) in [5, 5.41) is 3.23. The molecule has 7 nitrogen and oxygen atoms in total. The van der Waals surface area contributed by atoms with E-state index in [4.69, 9.17) is 0 Å². The van der Waals surface area contributed by atoms with E-state index >= 15 is 0 Å². The molecule has 1 N–H and O–H groups in total. The molecule has 162 valence electrons. The molecule has 8 heteroatoms. The van der Waals surface area contributed by atoms with Crippen LogP contribution in [0.1, 0.15) is 28.9 Å². The fraction of sp³-hybridized carbons (Fsp3) is 0.250. The smallest absolute Gasteiger partial charge is 0.252 e. The zero-order valence-corrected chi connectivity index (χ0v) is 18.4. The van der Waals surface area contributed by atoms with Crippen molar-refractivity contribution in [1.82, 2.24) is 24.7 Å². The van der Waals surface area contributed by atoms with Crippen LogP contribution in [0.4, 0.5) is 5.95 Å². The molecule has 0 aliphatic carbocycles. The third-order valence-electron chi connectivity index (χ3n) is 5.59. The first-order chi connectivity index (χ1) is 15.8. The second-order valence-electron chi connectivity index (χ2n) is 7.77. The minimum absolute atomic E-state index is 0.0162. The summed E-state index contributed by atoms with van der Waals surface area (Å²) in [4.78, 5) is 29.5. The van der Waals surface area contributed by atoms with Crippen molar-refractivity contribution in [2.75, 3.05) is 18.0 Å². The molecule has 0 saturated carbocycles. The van der Waals surface area contributed by atoms with Crippen molar-refractivity contribution in [2.24, 2.45) is 0 Å². The minimum Gasteiger partial charge on any atom is -0.349 e. The summed E-state index contributed by atoms with van der Waals surface area (Å²) in [6.45, 7) is 1.67. The van der Waals surface area contributed by atoms with Gasteiger partial charge in [-0.2, -0.15) is 0 Å². The number of nitrogens with zero attached hydrogens (tertiary/aromatic N) is 5. The highest BCUT2D eigenvalue weighted by Crippen LogP contribution is 2.27. The number of carbonyl (C=O) groups is 1. The van der Waals surface area contributed by atoms with Crippen molar-refractivity contribution >= 4 is 29.3 Å². The molecule has 1 saturated heterocycles. The Morgan fingerprint density at radius 1 is 1.03 bits per heavy atom. The van der Waals surface area contributed by atoms with Gasteiger partial charge in [0.1, 0.15) is 5.65 Å². The molecule has 5 rings (SSSR count). The summed E-state index contributed by atoms with van der Waals surface area (Å²) in [5.41, 5.74) is 2.64. The SMILES string of the molecule is O=C(NC1CCN(c2ncccn2)CC1)c1ccccc1SCc1cn2ccccc2n1. The first-order valence-electron chi connectivity index (χ1n) is 10.7. The number of hydrogen-bond donors (Lipinski definition) is 1. The van der Waals surface area contributed by atoms with Gasteiger partial charge in [-0.05, 0) is 43.2 Å². The van der Waals surface area contributed by atoms with Crippen LogP contribution in [0.5, 0.6) is 0 Å². The molecule has 0 radical (unpaired) electrons. The Kier molecular flexibility index (Phi) is 6.02. The van der Waals surface area contributed by atoms with Crippen LogP contribution < -0.4 is 10.2 Å². The second kappa shape index (κ2) is 9.40. The van der Waals surface area contributed by atoms with Gasteiger partial charge >= 0.3 is 0 Å². The number of nitrogens with one attached hydrogen (secondary N) is 1. The van der Waals surface area contributed by atoms with Crippen molar-refractivity contribution in [3.05, 3.63) is 84.6 Å². The average molecular weight is 445 g/mol. The highest BCUT2D eigenvalue weighted by molar-refractivity contribution is 7.98. The third-order valence-corrected chi connectivity index (χ3v) is 6.69. The molecule has 0 unspecified atom stereocenters. The molecule has 0 spiro atoms. The standard InChI is InChI=1S/C24H24N6OS/c31-23(28-18-9-14-29(15-10-18)24-25-11-5-12-26-24)20-6-1-2-7-21(20)32-17-19-16-30-13-4-3-8-22(30)27-19/h1-8,11-13,16,18H,9-10,14-15,17H2,(H,28,31). The van der Waals surface area contributed by atoms with Crippen LogP contribution in [0.3, 0.4) is 0 Å². The van der Waals surface area contributed by atoms with Gasteiger partial charge in [-0.1, -0.05) is 18.2 Å². The zero-order valence-electron chi connectivity index (χ0n) is 17.6. The molecule has 0 bridgehead atoms. The molecular weight excluding hydrogens is 420 g/mol. The highest BCUT2D eigenvalue weighted by atomic mass is 32.2. The lowest BCUT2D eigenvalue weighted by Gasteiger charge is -2.32. The van der Waals surface area contributed by atoms with E-state index in [1.807, 2.05) is 65.3 Å². The second-order valence-corrected chi connectivity index (χ2v) is 8.78. The highest BCUT2D eigenvalue weighted by Gasteiger charge is 2.23. The maximum atomic E-state index is 13.1. The molecular formula is C24H24N6OS. The zero-order chi connectivity index (χ0) is 21.8. The van der Waals surface area contributed by atoms with Gasteiger partial charge in [0, 0.05) is 54.6 Å². The van der Waals surface area contributed by atoms with Gasteiger partial charge < -0.3 is 14.6 Å². The van der Waals surface area contributed by atoms with E-state index in [2.05, 4.69) is 25.2 Å². The Morgan fingerprint density at radius 2 is 1.81 bits per heavy atom. The van der Waals surface area contributed by atoms with E-state index < -0.39 is 0 Å². The van der Waals surface area contributed by atoms with Gasteiger partial charge in [0.2, 0.25) is 5.95 Å². The van der Waals surface area contributed by atoms with E-state index in [1.54, 1.807) is 24.2 Å². The van der Waals surface area contributed by atoms with Crippen LogP contribution >= 0.6 is 11.8 Å². The van der Waals surface area contributed by atoms with Gasteiger partial charge in [-0.15, -0.1) is 11.8 Å². The quantitative estimate of drug-likeness (QED) is 0.456. The normalized spacial score (nSPS) is 14.6. The lowest BCUT2D eigenvalue weighted by molar-refractivity contribution is 0.0928. The molecule has 32 heavy (non-hydrogen) atoms. The molecule has 4 aromatic rings. The topological polar surface area (TPSA) is 75.4 Å². The van der Waals surface area contributed by atoms with Crippen LogP contribution in [-0.2, 0) is 5.75 Å². The molecule has 1 amide bonds. The Balaban J connectivity index is 1.20. The molecule has 4 heterocycles. The Labute approximate surface area is 190 Å². The summed E-state index contributed by atoms with van der Waals surface area (Å²) in [6, 6.07) is 15.7. The number of piperidine rings is 1. The summed E-state index contributed by atoms with van der Waals surface area (Å²) in [6.07, 6.45) is 9.30. The summed E-state index contributed by atoms with van der Waals surface area (Å²) in [7, 11) is 0. The number of hydrogen-bond acceptors (Lipinski definition) is 6. The van der Waals surface area contributed by atoms with Crippen LogP contribution in [0.25, 0.3) is 5.65 Å². The Bertz CT molecular complexity index is 1170. The third kappa shape index (κ3) is 4.60. The summed E-state index contributed by atoms with van der Waals surface area (Å²) in [5.74, 6) is 1.45. The maximum absolute atomic E-state index is 13.1. The van der Waals surface area contributed by atoms with Gasteiger partial charge in [0.15, 0.2) is 0 Å². The number of anilines is 1. The molecule has 1 fully saturated rings. The monoisotopic (exact) mass is 444 g/mol. The first-order valence-corrected chi connectivity index (χ1v) is 11.7. The first kappa shape index (κ1) is 20.5. The van der Waals surface area contributed by atoms with Crippen LogP contribution in [-0.4, -0.2) is 44.4 Å². The lowest BCUT2D eigenvalue weighted by Crippen LogP contribution is -2.45. The number of pyridine rings is 1. The predicted octanol–water partition coefficient (Wildman–Crippen LogP) is 3.82. The van der Waals surface area contributed by atoms with Crippen molar-refractivity contribution in [1.29, 1.82) is 0 Å². The summed E-state index contributed by atoms with van der Waals surface area (Å²) >= 11 is 1.64. The molecule has 1 aromatic carbocycles. The van der Waals surface area contributed by atoms with E-state index in [9.17, 15) is 4.79 Å². The van der Waals surface area contributed by atoms with E-state index in [-0.39, 0.29) is 11.9 Å². The van der Waals surface area contributed by atoms with Gasteiger partial charge in [0.05, 0.1) is 11.3 Å². The number of aromatic nitrogens is 4. The van der Waals surface area contributed by atoms with Crippen LogP contribution in [0, 0.1) is 0 Å². The van der Waals surface area contributed by atoms with Crippen LogP contribution in [0.2, 0.25) is 0 Å². The number of amides is 1. The number of carbonyl (C=O) groups excluding carboxylic acids is 1. The van der Waals surface area contributed by atoms with Crippen molar-refractivity contribution in [3.63, 3.8) is 0 Å². The van der Waals surface area contributed by atoms with Crippen molar-refractivity contribution in [2.45, 2.75) is 29.5 Å².